The van der Waals surface area contributed by atoms with Crippen LogP contribution in [0.4, 0.5) is 0 Å². The highest BCUT2D eigenvalue weighted by molar-refractivity contribution is 6.04. The summed E-state index contributed by atoms with van der Waals surface area (Å²) in [6, 6.07) is 22.2. The Morgan fingerprint density at radius 2 is 1.44 bits per heavy atom. The quantitative estimate of drug-likeness (QED) is 0.505. The molecule has 0 aromatic heterocycles. The van der Waals surface area contributed by atoms with Crippen molar-refractivity contribution in [2.45, 2.75) is 25.3 Å². The van der Waals surface area contributed by atoms with E-state index in [1.54, 1.807) is 6.07 Å². The fraction of sp³-hybridized carbons (Fsp3) is 0.174. The van der Waals surface area contributed by atoms with Gasteiger partial charge in [-0.05, 0) is 22.4 Å². The summed E-state index contributed by atoms with van der Waals surface area (Å²) in [4.78, 5) is 38.8. The van der Waals surface area contributed by atoms with Crippen LogP contribution < -0.4 is 0 Å². The molecule has 3 aromatic rings. The number of Topliss-reactive ketones (excluding diaryl/α,β-unsaturated/α-hetero) is 1. The largest absolute Gasteiger partial charge is 0.294 e. The van der Waals surface area contributed by atoms with E-state index >= 15 is 0 Å². The fourth-order valence-corrected chi connectivity index (χ4v) is 3.63. The maximum atomic E-state index is 13.0. The second kappa shape index (κ2) is 7.16. The summed E-state index contributed by atoms with van der Waals surface area (Å²) in [6.45, 7) is 0. The van der Waals surface area contributed by atoms with Gasteiger partial charge in [0.2, 0.25) is 11.8 Å². The lowest BCUT2D eigenvalue weighted by atomic mass is 9.95. The van der Waals surface area contributed by atoms with Crippen LogP contribution in [0.3, 0.4) is 0 Å². The number of nitrogens with zero attached hydrogens (tertiary/aromatic N) is 1. The van der Waals surface area contributed by atoms with E-state index < -0.39 is 6.04 Å². The molecule has 0 bridgehead atoms. The molecule has 0 unspecified atom stereocenters. The number of amides is 2. The number of likely N-dealkylation sites (tertiary alicyclic amines) is 1. The molecule has 134 valence electrons. The molecule has 0 aliphatic carbocycles. The van der Waals surface area contributed by atoms with E-state index in [9.17, 15) is 14.4 Å². The van der Waals surface area contributed by atoms with Crippen molar-refractivity contribution in [3.05, 3.63) is 83.9 Å². The van der Waals surface area contributed by atoms with Crippen molar-refractivity contribution < 1.29 is 14.4 Å². The van der Waals surface area contributed by atoms with Crippen LogP contribution in [0.5, 0.6) is 0 Å². The highest BCUT2D eigenvalue weighted by Gasteiger charge is 2.36. The zero-order valence-electron chi connectivity index (χ0n) is 14.8. The van der Waals surface area contributed by atoms with Crippen molar-refractivity contribution in [3.8, 4) is 0 Å². The minimum Gasteiger partial charge on any atom is -0.294 e. The van der Waals surface area contributed by atoms with E-state index in [0.717, 1.165) is 16.3 Å². The van der Waals surface area contributed by atoms with Crippen LogP contribution in [-0.4, -0.2) is 22.5 Å². The molecule has 3 aromatic carbocycles. The Bertz CT molecular complexity index is 1010. The number of hydrogen-bond donors (Lipinski definition) is 0. The van der Waals surface area contributed by atoms with E-state index in [4.69, 9.17) is 0 Å². The van der Waals surface area contributed by atoms with Gasteiger partial charge >= 0.3 is 0 Å². The van der Waals surface area contributed by atoms with Gasteiger partial charge in [-0.1, -0.05) is 66.7 Å². The molecule has 2 amide bonds. The summed E-state index contributed by atoms with van der Waals surface area (Å²) in [6.07, 6.45) is 0.512. The molecule has 4 heteroatoms. The first-order valence-electron chi connectivity index (χ1n) is 9.05. The molecular weight excluding hydrogens is 338 g/mol. The van der Waals surface area contributed by atoms with E-state index in [1.165, 1.54) is 4.90 Å². The molecule has 0 radical (unpaired) electrons. The van der Waals surface area contributed by atoms with Crippen molar-refractivity contribution in [1.82, 2.24) is 4.90 Å². The number of benzene rings is 3. The molecule has 1 fully saturated rings. The topological polar surface area (TPSA) is 54.5 Å². The van der Waals surface area contributed by atoms with Crippen LogP contribution in [0.15, 0.2) is 72.8 Å². The van der Waals surface area contributed by atoms with Crippen molar-refractivity contribution in [2.24, 2.45) is 0 Å². The predicted octanol–water partition coefficient (Wildman–Crippen LogP) is 4.30. The van der Waals surface area contributed by atoms with Crippen LogP contribution in [-0.2, 0) is 9.59 Å². The van der Waals surface area contributed by atoms with Crippen molar-refractivity contribution in [3.63, 3.8) is 0 Å². The lowest BCUT2D eigenvalue weighted by Crippen LogP contribution is -2.34. The smallest absolute Gasteiger partial charge is 0.230 e. The number of rotatable bonds is 5. The van der Waals surface area contributed by atoms with E-state index in [1.807, 2.05) is 66.7 Å². The van der Waals surface area contributed by atoms with Gasteiger partial charge < -0.3 is 0 Å². The molecule has 1 atom stereocenters. The Balaban J connectivity index is 1.67. The maximum absolute atomic E-state index is 13.0. The molecule has 1 saturated heterocycles. The number of hydrogen-bond acceptors (Lipinski definition) is 3. The molecule has 0 N–H and O–H groups in total. The molecule has 0 saturated carbocycles. The summed E-state index contributed by atoms with van der Waals surface area (Å²) in [5, 5.41) is 2.06. The Morgan fingerprint density at radius 3 is 2.15 bits per heavy atom. The number of carbonyl (C=O) groups excluding carboxylic acids is 3. The second-order valence-electron chi connectivity index (χ2n) is 6.77. The standard InChI is InChI=1S/C23H19NO3/c25-21(19-11-10-16-6-4-5-9-18(16)14-19)15-20(17-7-2-1-3-8-17)24-22(26)12-13-23(24)27/h1-11,14,20H,12-13,15H2/t20-/m0/s1. The molecule has 27 heavy (non-hydrogen) atoms. The molecule has 1 aliphatic heterocycles. The lowest BCUT2D eigenvalue weighted by Gasteiger charge is -2.26. The van der Waals surface area contributed by atoms with Gasteiger partial charge in [-0.2, -0.15) is 0 Å². The van der Waals surface area contributed by atoms with E-state index in [0.29, 0.717) is 5.56 Å². The van der Waals surface area contributed by atoms with Gasteiger partial charge in [0.05, 0.1) is 6.04 Å². The molecule has 4 rings (SSSR count). The van der Waals surface area contributed by atoms with Gasteiger partial charge in [0.15, 0.2) is 5.78 Å². The SMILES string of the molecule is O=C(C[C@@H](c1ccccc1)N1C(=O)CCC1=O)c1ccc2ccccc2c1. The van der Waals surface area contributed by atoms with Gasteiger partial charge in [0.25, 0.3) is 0 Å². The summed E-state index contributed by atoms with van der Waals surface area (Å²) < 4.78 is 0. The van der Waals surface area contributed by atoms with Crippen molar-refractivity contribution in [1.29, 1.82) is 0 Å². The number of imide groups is 1. The summed E-state index contributed by atoms with van der Waals surface area (Å²) in [7, 11) is 0. The first-order chi connectivity index (χ1) is 13.1. The molecule has 1 aliphatic rings. The predicted molar refractivity (Wildman–Crippen MR) is 103 cm³/mol. The van der Waals surface area contributed by atoms with Crippen LogP contribution in [0.25, 0.3) is 10.8 Å². The third-order valence-corrected chi connectivity index (χ3v) is 5.04. The molecule has 4 nitrogen and oxygen atoms in total. The number of ketones is 1. The average Bonchev–Trinajstić information content (AvgIpc) is 3.04. The summed E-state index contributed by atoms with van der Waals surface area (Å²) >= 11 is 0. The van der Waals surface area contributed by atoms with Gasteiger partial charge in [0, 0.05) is 24.8 Å². The Kier molecular flexibility index (Phi) is 4.55. The van der Waals surface area contributed by atoms with Crippen LogP contribution in [0.1, 0.15) is 41.2 Å². The number of carbonyl (C=O) groups is 3. The highest BCUT2D eigenvalue weighted by Crippen LogP contribution is 2.31. The van der Waals surface area contributed by atoms with E-state index in [2.05, 4.69) is 0 Å². The Labute approximate surface area is 157 Å². The van der Waals surface area contributed by atoms with Gasteiger partial charge in [-0.15, -0.1) is 0 Å². The van der Waals surface area contributed by atoms with Crippen LogP contribution in [0, 0.1) is 0 Å². The summed E-state index contributed by atoms with van der Waals surface area (Å²) in [5.74, 6) is -0.498. The normalized spacial score (nSPS) is 15.3. The molecule has 0 spiro atoms. The summed E-state index contributed by atoms with van der Waals surface area (Å²) in [5.41, 5.74) is 1.39. The van der Waals surface area contributed by atoms with E-state index in [-0.39, 0.29) is 36.9 Å². The lowest BCUT2D eigenvalue weighted by molar-refractivity contribution is -0.141. The number of fused-ring (bicyclic) bond motifs is 1. The first-order valence-corrected chi connectivity index (χ1v) is 9.05. The Morgan fingerprint density at radius 1 is 0.815 bits per heavy atom. The second-order valence-corrected chi connectivity index (χ2v) is 6.77. The third kappa shape index (κ3) is 3.38. The fourth-order valence-electron chi connectivity index (χ4n) is 3.63. The zero-order valence-corrected chi connectivity index (χ0v) is 14.8. The molecule has 1 heterocycles. The maximum Gasteiger partial charge on any atom is 0.230 e. The Hall–Kier alpha value is -3.27. The van der Waals surface area contributed by atoms with Crippen molar-refractivity contribution in [2.75, 3.05) is 0 Å². The van der Waals surface area contributed by atoms with Crippen LogP contribution in [0.2, 0.25) is 0 Å². The minimum atomic E-state index is -0.562. The van der Waals surface area contributed by atoms with Gasteiger partial charge in [0.1, 0.15) is 0 Å². The molecular formula is C23H19NO3. The van der Waals surface area contributed by atoms with Crippen LogP contribution >= 0.6 is 0 Å². The minimum absolute atomic E-state index is 0.0814. The average molecular weight is 357 g/mol. The zero-order chi connectivity index (χ0) is 18.8. The monoisotopic (exact) mass is 357 g/mol. The highest BCUT2D eigenvalue weighted by atomic mass is 16.2. The van der Waals surface area contributed by atoms with Gasteiger partial charge in [-0.3, -0.25) is 19.3 Å². The third-order valence-electron chi connectivity index (χ3n) is 5.04. The van der Waals surface area contributed by atoms with Crippen molar-refractivity contribution >= 4 is 28.4 Å². The van der Waals surface area contributed by atoms with Gasteiger partial charge in [-0.25, -0.2) is 0 Å². The first kappa shape index (κ1) is 17.2.